The Labute approximate surface area is 105 Å². The van der Waals surface area contributed by atoms with E-state index in [1.165, 1.54) is 0 Å². The standard InChI is InChI=1S/C13H15N3O2/c17-13(18)6-8-14-10-11-2-4-12(5-3-11)16-9-1-7-15-16/h1-5,7,9,14H,6,8,10H2,(H,17,18). The van der Waals surface area contributed by atoms with Crippen molar-refractivity contribution in [2.75, 3.05) is 6.54 Å². The molecule has 0 atom stereocenters. The summed E-state index contributed by atoms with van der Waals surface area (Å²) in [7, 11) is 0. The maximum atomic E-state index is 10.3. The normalized spacial score (nSPS) is 10.4. The molecule has 0 aliphatic rings. The number of nitrogens with one attached hydrogen (secondary N) is 1. The van der Waals surface area contributed by atoms with Crippen molar-refractivity contribution >= 4 is 5.97 Å². The van der Waals surface area contributed by atoms with Crippen molar-refractivity contribution in [3.05, 3.63) is 48.3 Å². The van der Waals surface area contributed by atoms with Crippen molar-refractivity contribution in [2.24, 2.45) is 0 Å². The van der Waals surface area contributed by atoms with E-state index >= 15 is 0 Å². The van der Waals surface area contributed by atoms with Gasteiger partial charge in [0.05, 0.1) is 12.1 Å². The second-order valence-corrected chi connectivity index (χ2v) is 3.94. The first-order valence-electron chi connectivity index (χ1n) is 5.77. The molecule has 1 heterocycles. The minimum atomic E-state index is -0.781. The molecule has 5 nitrogen and oxygen atoms in total. The van der Waals surface area contributed by atoms with Crippen LogP contribution in [0.2, 0.25) is 0 Å². The highest BCUT2D eigenvalue weighted by Crippen LogP contribution is 2.08. The van der Waals surface area contributed by atoms with Crippen molar-refractivity contribution in [1.82, 2.24) is 15.1 Å². The molecular weight excluding hydrogens is 230 g/mol. The SMILES string of the molecule is O=C(O)CCNCc1ccc(-n2cccn2)cc1. The average molecular weight is 245 g/mol. The van der Waals surface area contributed by atoms with E-state index in [9.17, 15) is 4.79 Å². The molecule has 0 amide bonds. The third kappa shape index (κ3) is 3.43. The lowest BCUT2D eigenvalue weighted by atomic mass is 10.2. The van der Waals surface area contributed by atoms with E-state index < -0.39 is 5.97 Å². The molecule has 5 heteroatoms. The predicted octanol–water partition coefficient (Wildman–Crippen LogP) is 1.44. The van der Waals surface area contributed by atoms with Gasteiger partial charge < -0.3 is 10.4 Å². The molecular formula is C13H15N3O2. The smallest absolute Gasteiger partial charge is 0.304 e. The monoisotopic (exact) mass is 245 g/mol. The summed E-state index contributed by atoms with van der Waals surface area (Å²) in [5.74, 6) is -0.781. The van der Waals surface area contributed by atoms with E-state index in [4.69, 9.17) is 5.11 Å². The number of carboxylic acids is 1. The fraction of sp³-hybridized carbons (Fsp3) is 0.231. The van der Waals surface area contributed by atoms with Gasteiger partial charge in [-0.1, -0.05) is 12.1 Å². The Balaban J connectivity index is 1.86. The van der Waals surface area contributed by atoms with Crippen LogP contribution in [-0.4, -0.2) is 27.4 Å². The highest BCUT2D eigenvalue weighted by atomic mass is 16.4. The Kier molecular flexibility index (Phi) is 4.09. The lowest BCUT2D eigenvalue weighted by molar-refractivity contribution is -0.136. The van der Waals surface area contributed by atoms with Crippen LogP contribution in [0.4, 0.5) is 0 Å². The zero-order valence-corrected chi connectivity index (χ0v) is 9.91. The highest BCUT2D eigenvalue weighted by molar-refractivity contribution is 5.66. The number of hydrogen-bond donors (Lipinski definition) is 2. The first-order chi connectivity index (χ1) is 8.75. The fourth-order valence-electron chi connectivity index (χ4n) is 1.62. The Bertz CT molecular complexity index is 491. The van der Waals surface area contributed by atoms with Gasteiger partial charge in [-0.05, 0) is 23.8 Å². The van der Waals surface area contributed by atoms with E-state index in [-0.39, 0.29) is 6.42 Å². The molecule has 18 heavy (non-hydrogen) atoms. The maximum absolute atomic E-state index is 10.3. The number of benzene rings is 1. The van der Waals surface area contributed by atoms with Gasteiger partial charge >= 0.3 is 5.97 Å². The summed E-state index contributed by atoms with van der Waals surface area (Å²) in [5.41, 5.74) is 2.13. The van der Waals surface area contributed by atoms with Gasteiger partial charge in [0.25, 0.3) is 0 Å². The molecule has 0 fully saturated rings. The number of aromatic nitrogens is 2. The second-order valence-electron chi connectivity index (χ2n) is 3.94. The Morgan fingerprint density at radius 3 is 2.72 bits per heavy atom. The van der Waals surface area contributed by atoms with Gasteiger partial charge in [-0.3, -0.25) is 4.79 Å². The van der Waals surface area contributed by atoms with Gasteiger partial charge in [-0.15, -0.1) is 0 Å². The quantitative estimate of drug-likeness (QED) is 0.756. The van der Waals surface area contributed by atoms with E-state index in [0.29, 0.717) is 13.1 Å². The number of nitrogens with zero attached hydrogens (tertiary/aromatic N) is 2. The third-order valence-electron chi connectivity index (χ3n) is 2.55. The summed E-state index contributed by atoms with van der Waals surface area (Å²) >= 11 is 0. The van der Waals surface area contributed by atoms with Crippen LogP contribution in [0.1, 0.15) is 12.0 Å². The number of rotatable bonds is 6. The Hall–Kier alpha value is -2.14. The van der Waals surface area contributed by atoms with Crippen molar-refractivity contribution in [2.45, 2.75) is 13.0 Å². The lowest BCUT2D eigenvalue weighted by Gasteiger charge is -2.05. The molecule has 0 saturated carbocycles. The van der Waals surface area contributed by atoms with Crippen LogP contribution in [0.3, 0.4) is 0 Å². The number of hydrogen-bond acceptors (Lipinski definition) is 3. The summed E-state index contributed by atoms with van der Waals surface area (Å²) in [6.07, 6.45) is 3.77. The van der Waals surface area contributed by atoms with E-state index in [2.05, 4.69) is 10.4 Å². The highest BCUT2D eigenvalue weighted by Gasteiger charge is 1.98. The van der Waals surface area contributed by atoms with Crippen LogP contribution in [0.5, 0.6) is 0 Å². The molecule has 2 N–H and O–H groups in total. The van der Waals surface area contributed by atoms with Gasteiger partial charge in [0.1, 0.15) is 0 Å². The molecule has 1 aromatic carbocycles. The van der Waals surface area contributed by atoms with E-state index in [1.807, 2.05) is 36.5 Å². The van der Waals surface area contributed by atoms with Crippen molar-refractivity contribution in [3.63, 3.8) is 0 Å². The van der Waals surface area contributed by atoms with Crippen LogP contribution >= 0.6 is 0 Å². The molecule has 94 valence electrons. The van der Waals surface area contributed by atoms with Gasteiger partial charge in [-0.2, -0.15) is 5.10 Å². The fourth-order valence-corrected chi connectivity index (χ4v) is 1.62. The first-order valence-corrected chi connectivity index (χ1v) is 5.77. The molecule has 2 rings (SSSR count). The van der Waals surface area contributed by atoms with Crippen molar-refractivity contribution < 1.29 is 9.90 Å². The summed E-state index contributed by atoms with van der Waals surface area (Å²) in [6.45, 7) is 1.16. The van der Waals surface area contributed by atoms with Crippen LogP contribution in [-0.2, 0) is 11.3 Å². The summed E-state index contributed by atoms with van der Waals surface area (Å²) in [6, 6.07) is 9.86. The number of carbonyl (C=O) groups is 1. The van der Waals surface area contributed by atoms with E-state index in [1.54, 1.807) is 10.9 Å². The van der Waals surface area contributed by atoms with E-state index in [0.717, 1.165) is 11.3 Å². The first kappa shape index (κ1) is 12.3. The topological polar surface area (TPSA) is 67.2 Å². The molecule has 0 aliphatic heterocycles. The van der Waals surface area contributed by atoms with Crippen molar-refractivity contribution in [1.29, 1.82) is 0 Å². The summed E-state index contributed by atoms with van der Waals surface area (Å²) < 4.78 is 1.79. The molecule has 0 unspecified atom stereocenters. The van der Waals surface area contributed by atoms with Crippen LogP contribution in [0.25, 0.3) is 5.69 Å². The molecule has 0 saturated heterocycles. The van der Waals surface area contributed by atoms with Crippen LogP contribution in [0, 0.1) is 0 Å². The average Bonchev–Trinajstić information content (AvgIpc) is 2.89. The number of carboxylic acid groups (broad SMARTS) is 1. The number of aliphatic carboxylic acids is 1. The maximum Gasteiger partial charge on any atom is 0.304 e. The van der Waals surface area contributed by atoms with Gasteiger partial charge in [0.2, 0.25) is 0 Å². The Morgan fingerprint density at radius 2 is 2.11 bits per heavy atom. The lowest BCUT2D eigenvalue weighted by Crippen LogP contribution is -2.17. The van der Waals surface area contributed by atoms with Gasteiger partial charge in [-0.25, -0.2) is 4.68 Å². The Morgan fingerprint density at radius 1 is 1.33 bits per heavy atom. The molecule has 0 bridgehead atoms. The summed E-state index contributed by atoms with van der Waals surface area (Å²) in [5, 5.41) is 15.7. The minimum Gasteiger partial charge on any atom is -0.481 e. The van der Waals surface area contributed by atoms with Crippen molar-refractivity contribution in [3.8, 4) is 5.69 Å². The predicted molar refractivity (Wildman–Crippen MR) is 67.5 cm³/mol. The van der Waals surface area contributed by atoms with Crippen LogP contribution in [0.15, 0.2) is 42.7 Å². The second kappa shape index (κ2) is 5.97. The zero-order chi connectivity index (χ0) is 12.8. The molecule has 2 aromatic rings. The van der Waals surface area contributed by atoms with Gasteiger partial charge in [0.15, 0.2) is 0 Å². The summed E-state index contributed by atoms with van der Waals surface area (Å²) in [4.78, 5) is 10.3. The van der Waals surface area contributed by atoms with Gasteiger partial charge in [0, 0.05) is 25.5 Å². The zero-order valence-electron chi connectivity index (χ0n) is 9.91. The third-order valence-corrected chi connectivity index (χ3v) is 2.55. The molecule has 0 aliphatic carbocycles. The largest absolute Gasteiger partial charge is 0.481 e. The molecule has 0 spiro atoms. The molecule has 0 radical (unpaired) electrons. The van der Waals surface area contributed by atoms with Crippen LogP contribution < -0.4 is 5.32 Å². The minimum absolute atomic E-state index is 0.144. The molecule has 1 aromatic heterocycles.